The molecular formula is C13H20N4O6. The average Bonchev–Trinajstić information content (AvgIpc) is 2.82. The summed E-state index contributed by atoms with van der Waals surface area (Å²) in [5, 5.41) is 34.1. The van der Waals surface area contributed by atoms with Crippen LogP contribution < -0.4 is 10.6 Å². The molecule has 2 fully saturated rings. The number of amides is 4. The Hall–Kier alpha value is -2.01. The van der Waals surface area contributed by atoms with E-state index in [9.17, 15) is 24.6 Å². The van der Waals surface area contributed by atoms with Crippen LogP contribution in [0.5, 0.6) is 0 Å². The van der Waals surface area contributed by atoms with Gasteiger partial charge >= 0.3 is 6.03 Å². The first kappa shape index (κ1) is 17.3. The van der Waals surface area contributed by atoms with Crippen molar-refractivity contribution in [1.82, 2.24) is 20.4 Å². The first-order valence-electron chi connectivity index (χ1n) is 7.06. The van der Waals surface area contributed by atoms with Gasteiger partial charge in [-0.05, 0) is 0 Å². The third kappa shape index (κ3) is 3.06. The Labute approximate surface area is 132 Å². The third-order valence-corrected chi connectivity index (χ3v) is 4.03. The van der Waals surface area contributed by atoms with Crippen molar-refractivity contribution in [2.75, 3.05) is 27.2 Å². The van der Waals surface area contributed by atoms with E-state index in [1.165, 1.54) is 20.3 Å². The molecule has 0 unspecified atom stereocenters. The molecule has 0 bridgehead atoms. The smallest absolute Gasteiger partial charge is 0.333 e. The van der Waals surface area contributed by atoms with Gasteiger partial charge in [-0.2, -0.15) is 0 Å². The molecule has 0 aliphatic carbocycles. The quantitative estimate of drug-likeness (QED) is 0.265. The number of hydrogen-bond donors (Lipinski definition) is 5. The molecule has 128 valence electrons. The average molecular weight is 328 g/mol. The van der Waals surface area contributed by atoms with E-state index in [-0.39, 0.29) is 18.7 Å². The minimum Gasteiger partial charge on any atom is -0.395 e. The summed E-state index contributed by atoms with van der Waals surface area (Å²) in [6, 6.07) is -1.92. The van der Waals surface area contributed by atoms with Crippen molar-refractivity contribution in [2.24, 2.45) is 0 Å². The number of barbiturate groups is 1. The van der Waals surface area contributed by atoms with Crippen LogP contribution in [0.25, 0.3) is 0 Å². The number of carbonyl (C=O) groups excluding carboxylic acids is 3. The number of urea groups is 1. The van der Waals surface area contributed by atoms with Gasteiger partial charge in [-0.25, -0.2) is 4.79 Å². The molecule has 0 aromatic rings. The number of aliphatic hydroxyl groups is 3. The van der Waals surface area contributed by atoms with Crippen molar-refractivity contribution < 1.29 is 29.7 Å². The van der Waals surface area contributed by atoms with Gasteiger partial charge in [0.05, 0.1) is 30.9 Å². The minimum absolute atomic E-state index is 0.111. The molecule has 2 saturated heterocycles. The minimum atomic E-state index is -1.10. The molecule has 23 heavy (non-hydrogen) atoms. The highest BCUT2D eigenvalue weighted by Gasteiger charge is 2.41. The molecule has 2 heterocycles. The molecule has 2 aliphatic heterocycles. The van der Waals surface area contributed by atoms with Gasteiger partial charge in [-0.15, -0.1) is 0 Å². The summed E-state index contributed by atoms with van der Waals surface area (Å²) >= 11 is 0. The Morgan fingerprint density at radius 3 is 2.09 bits per heavy atom. The van der Waals surface area contributed by atoms with E-state index in [0.29, 0.717) is 0 Å². The van der Waals surface area contributed by atoms with Crippen LogP contribution in [0, 0.1) is 0 Å². The summed E-state index contributed by atoms with van der Waals surface area (Å²) in [4.78, 5) is 37.1. The number of rotatable bonds is 4. The number of nitrogens with one attached hydrogen (secondary N) is 2. The standard InChI is InChI=1S/C13H20N4O6/c1-16-11(21)6(12(22)17(2)13(16)23)3-14-4-7-9(19)10(20)8(5-18)15-7/h3,7-10,14-15,18-20H,4-5H2,1-2H3/t7-,8-,9-,10-/m1/s1. The second-order valence-corrected chi connectivity index (χ2v) is 5.52. The summed E-state index contributed by atoms with van der Waals surface area (Å²) in [6.45, 7) is -0.218. The molecule has 10 heteroatoms. The predicted octanol–water partition coefficient (Wildman–Crippen LogP) is -3.44. The molecule has 10 nitrogen and oxygen atoms in total. The lowest BCUT2D eigenvalue weighted by molar-refractivity contribution is -0.134. The van der Waals surface area contributed by atoms with Crippen LogP contribution in [0.4, 0.5) is 4.79 Å². The number of carbonyl (C=O) groups is 3. The second-order valence-electron chi connectivity index (χ2n) is 5.52. The van der Waals surface area contributed by atoms with Crippen molar-refractivity contribution in [3.8, 4) is 0 Å². The van der Waals surface area contributed by atoms with E-state index in [2.05, 4.69) is 10.6 Å². The zero-order chi connectivity index (χ0) is 17.3. The molecule has 4 atom stereocenters. The summed E-state index contributed by atoms with van der Waals surface area (Å²) in [5.41, 5.74) is -0.207. The Balaban J connectivity index is 2.01. The molecule has 5 N–H and O–H groups in total. The molecule has 2 aliphatic rings. The van der Waals surface area contributed by atoms with E-state index in [1.807, 2.05) is 0 Å². The summed E-state index contributed by atoms with van der Waals surface area (Å²) in [7, 11) is 2.54. The molecule has 0 saturated carbocycles. The van der Waals surface area contributed by atoms with Crippen LogP contribution in [0.2, 0.25) is 0 Å². The van der Waals surface area contributed by atoms with Crippen LogP contribution in [0.3, 0.4) is 0 Å². The lowest BCUT2D eigenvalue weighted by Gasteiger charge is -2.29. The maximum atomic E-state index is 11.9. The number of nitrogens with zero attached hydrogens (tertiary/aromatic N) is 2. The monoisotopic (exact) mass is 328 g/mol. The number of aliphatic hydroxyl groups excluding tert-OH is 3. The lowest BCUT2D eigenvalue weighted by Crippen LogP contribution is -2.53. The second kappa shape index (κ2) is 6.62. The van der Waals surface area contributed by atoms with E-state index in [4.69, 9.17) is 5.11 Å². The van der Waals surface area contributed by atoms with E-state index in [1.54, 1.807) is 0 Å². The topological polar surface area (TPSA) is 142 Å². The van der Waals surface area contributed by atoms with E-state index >= 15 is 0 Å². The van der Waals surface area contributed by atoms with Crippen molar-refractivity contribution >= 4 is 17.8 Å². The molecule has 0 aromatic heterocycles. The van der Waals surface area contributed by atoms with Gasteiger partial charge in [0.2, 0.25) is 0 Å². The maximum absolute atomic E-state index is 11.9. The first-order chi connectivity index (χ1) is 10.8. The van der Waals surface area contributed by atoms with Gasteiger partial charge in [0.1, 0.15) is 5.57 Å². The number of hydrogen-bond acceptors (Lipinski definition) is 8. The number of imide groups is 2. The van der Waals surface area contributed by atoms with Gasteiger partial charge in [0.25, 0.3) is 11.8 Å². The van der Waals surface area contributed by atoms with E-state index < -0.39 is 42.1 Å². The van der Waals surface area contributed by atoms with Gasteiger partial charge in [-0.3, -0.25) is 19.4 Å². The maximum Gasteiger partial charge on any atom is 0.333 e. The molecule has 4 amide bonds. The molecule has 2 rings (SSSR count). The van der Waals surface area contributed by atoms with Crippen molar-refractivity contribution in [2.45, 2.75) is 24.3 Å². The van der Waals surface area contributed by atoms with Crippen LogP contribution in [-0.4, -0.2) is 94.5 Å². The zero-order valence-corrected chi connectivity index (χ0v) is 12.8. The van der Waals surface area contributed by atoms with Crippen LogP contribution in [0.1, 0.15) is 0 Å². The zero-order valence-electron chi connectivity index (χ0n) is 12.8. The van der Waals surface area contributed by atoms with Crippen molar-refractivity contribution in [3.05, 3.63) is 11.8 Å². The summed E-state index contributed by atoms with van der Waals surface area (Å²) < 4.78 is 0. The lowest BCUT2D eigenvalue weighted by atomic mass is 10.1. The SMILES string of the molecule is CN1C(=O)C(=CNC[C@H]2N[C@H](CO)[C@@H](O)[C@@H]2O)C(=O)N(C)C1=O. The highest BCUT2D eigenvalue weighted by atomic mass is 16.3. The van der Waals surface area contributed by atoms with Gasteiger partial charge < -0.3 is 26.0 Å². The van der Waals surface area contributed by atoms with Crippen molar-refractivity contribution in [1.29, 1.82) is 0 Å². The molecular weight excluding hydrogens is 308 g/mol. The Kier molecular flexibility index (Phi) is 5.00. The van der Waals surface area contributed by atoms with Crippen LogP contribution in [0.15, 0.2) is 11.8 Å². The van der Waals surface area contributed by atoms with Crippen LogP contribution in [-0.2, 0) is 9.59 Å². The largest absolute Gasteiger partial charge is 0.395 e. The molecule has 0 spiro atoms. The molecule has 0 aromatic carbocycles. The first-order valence-corrected chi connectivity index (χ1v) is 7.06. The number of likely N-dealkylation sites (N-methyl/N-ethyl adjacent to an activating group) is 2. The fourth-order valence-corrected chi connectivity index (χ4v) is 2.55. The summed E-state index contributed by atoms with van der Waals surface area (Å²) in [6.07, 6.45) is -1.02. The molecule has 0 radical (unpaired) electrons. The van der Waals surface area contributed by atoms with Crippen LogP contribution >= 0.6 is 0 Å². The third-order valence-electron chi connectivity index (χ3n) is 4.03. The highest BCUT2D eigenvalue weighted by molar-refractivity contribution is 6.28. The fraction of sp³-hybridized carbons (Fsp3) is 0.615. The normalized spacial score (nSPS) is 31.9. The highest BCUT2D eigenvalue weighted by Crippen LogP contribution is 2.15. The Morgan fingerprint density at radius 1 is 1.09 bits per heavy atom. The fourth-order valence-electron chi connectivity index (χ4n) is 2.55. The Morgan fingerprint density at radius 2 is 1.61 bits per heavy atom. The van der Waals surface area contributed by atoms with E-state index in [0.717, 1.165) is 9.80 Å². The van der Waals surface area contributed by atoms with Crippen molar-refractivity contribution in [3.63, 3.8) is 0 Å². The van der Waals surface area contributed by atoms with Gasteiger partial charge in [-0.1, -0.05) is 0 Å². The summed E-state index contributed by atoms with van der Waals surface area (Å²) in [5.74, 6) is -1.45. The predicted molar refractivity (Wildman–Crippen MR) is 76.8 cm³/mol. The van der Waals surface area contributed by atoms with Gasteiger partial charge in [0.15, 0.2) is 0 Å². The van der Waals surface area contributed by atoms with Gasteiger partial charge in [0, 0.05) is 26.8 Å². The Bertz CT molecular complexity index is 525.